The molecule has 0 atom stereocenters. The van der Waals surface area contributed by atoms with Crippen LogP contribution in [0.1, 0.15) is 5.69 Å². The maximum Gasteiger partial charge on any atom is 0.295 e. The number of aromatic nitrogens is 1. The SMILES string of the molecule is COc1cc2cc(OC)c3c4ccc5c(c4c(C#N)[n+](C)c3c2cc1OC)OCO5. The van der Waals surface area contributed by atoms with Crippen LogP contribution < -0.4 is 28.3 Å². The molecular formula is C23H19N2O5+. The zero-order valence-corrected chi connectivity index (χ0v) is 17.0. The molecule has 30 heavy (non-hydrogen) atoms. The monoisotopic (exact) mass is 403 g/mol. The fourth-order valence-electron chi connectivity index (χ4n) is 4.28. The lowest BCUT2D eigenvalue weighted by atomic mass is 9.97. The average Bonchev–Trinajstić information content (AvgIpc) is 3.26. The van der Waals surface area contributed by atoms with Gasteiger partial charge in [-0.3, -0.25) is 0 Å². The molecule has 0 fully saturated rings. The zero-order chi connectivity index (χ0) is 21.0. The maximum absolute atomic E-state index is 10.0. The topological polar surface area (TPSA) is 73.8 Å². The summed E-state index contributed by atoms with van der Waals surface area (Å²) in [6.07, 6.45) is 0. The van der Waals surface area contributed by atoms with Crippen molar-refractivity contribution in [2.24, 2.45) is 7.05 Å². The summed E-state index contributed by atoms with van der Waals surface area (Å²) < 4.78 is 29.9. The Hall–Kier alpha value is -3.92. The molecule has 7 nitrogen and oxygen atoms in total. The Labute approximate surface area is 172 Å². The minimum absolute atomic E-state index is 0.132. The first-order chi connectivity index (χ1) is 14.6. The summed E-state index contributed by atoms with van der Waals surface area (Å²) in [6.45, 7) is 0.132. The molecule has 0 aliphatic carbocycles. The standard InChI is InChI=1S/C23H19N2O5/c1-25-15(10-24)20-13(5-6-16-23(20)30-11-29-16)21-19(28-4)8-12-7-17(26-2)18(27-3)9-14(12)22(21)25/h5-9H,11H2,1-4H3/q+1. The number of ether oxygens (including phenoxy) is 5. The summed E-state index contributed by atoms with van der Waals surface area (Å²) in [7, 11) is 6.71. The smallest absolute Gasteiger partial charge is 0.295 e. The van der Waals surface area contributed by atoms with Crippen molar-refractivity contribution in [2.45, 2.75) is 0 Å². The summed E-state index contributed by atoms with van der Waals surface area (Å²) in [5.74, 6) is 3.13. The molecule has 2 heterocycles. The van der Waals surface area contributed by atoms with Crippen molar-refractivity contribution < 1.29 is 28.3 Å². The molecule has 1 aliphatic heterocycles. The van der Waals surface area contributed by atoms with Crippen LogP contribution in [0.25, 0.3) is 32.4 Å². The van der Waals surface area contributed by atoms with E-state index in [0.29, 0.717) is 39.8 Å². The van der Waals surface area contributed by atoms with E-state index in [9.17, 15) is 5.26 Å². The van der Waals surface area contributed by atoms with Gasteiger partial charge >= 0.3 is 0 Å². The molecule has 0 spiro atoms. The van der Waals surface area contributed by atoms with Crippen molar-refractivity contribution in [3.05, 3.63) is 36.0 Å². The van der Waals surface area contributed by atoms with Gasteiger partial charge in [0, 0.05) is 5.39 Å². The number of pyridine rings is 1. The molecule has 5 rings (SSSR count). The Bertz CT molecular complexity index is 1410. The molecule has 0 radical (unpaired) electrons. The highest BCUT2D eigenvalue weighted by Crippen LogP contribution is 2.46. The number of nitriles is 1. The van der Waals surface area contributed by atoms with Crippen LogP contribution in [0.2, 0.25) is 0 Å². The third-order valence-corrected chi connectivity index (χ3v) is 5.62. The molecule has 7 heteroatoms. The zero-order valence-electron chi connectivity index (χ0n) is 17.0. The Kier molecular flexibility index (Phi) is 3.97. The lowest BCUT2D eigenvalue weighted by Gasteiger charge is -2.14. The highest BCUT2D eigenvalue weighted by atomic mass is 16.7. The molecule has 1 aromatic heterocycles. The lowest BCUT2D eigenvalue weighted by Crippen LogP contribution is -2.34. The first kappa shape index (κ1) is 18.1. The van der Waals surface area contributed by atoms with Crippen LogP contribution in [0.3, 0.4) is 0 Å². The van der Waals surface area contributed by atoms with Crippen molar-refractivity contribution in [1.29, 1.82) is 5.26 Å². The predicted molar refractivity (Wildman–Crippen MR) is 111 cm³/mol. The normalized spacial score (nSPS) is 12.4. The molecule has 0 amide bonds. The third kappa shape index (κ3) is 2.28. The minimum Gasteiger partial charge on any atom is -0.496 e. The molecule has 0 N–H and O–H groups in total. The summed E-state index contributed by atoms with van der Waals surface area (Å²) in [6, 6.07) is 12.0. The Balaban J connectivity index is 2.08. The largest absolute Gasteiger partial charge is 0.496 e. The summed E-state index contributed by atoms with van der Waals surface area (Å²) in [5.41, 5.74) is 1.33. The van der Waals surface area contributed by atoms with Gasteiger partial charge < -0.3 is 23.7 Å². The van der Waals surface area contributed by atoms with Gasteiger partial charge in [0.1, 0.15) is 18.2 Å². The minimum atomic E-state index is 0.132. The molecule has 3 aromatic carbocycles. The lowest BCUT2D eigenvalue weighted by molar-refractivity contribution is -0.645. The van der Waals surface area contributed by atoms with Gasteiger partial charge in [-0.25, -0.2) is 0 Å². The van der Waals surface area contributed by atoms with Crippen LogP contribution >= 0.6 is 0 Å². The molecule has 0 unspecified atom stereocenters. The highest BCUT2D eigenvalue weighted by molar-refractivity contribution is 6.19. The van der Waals surface area contributed by atoms with Gasteiger partial charge in [0.15, 0.2) is 29.1 Å². The van der Waals surface area contributed by atoms with E-state index in [4.69, 9.17) is 23.7 Å². The molecule has 1 aliphatic rings. The second-order valence-corrected chi connectivity index (χ2v) is 6.97. The molecule has 0 saturated carbocycles. The number of rotatable bonds is 3. The number of methoxy groups -OCH3 is 3. The molecule has 150 valence electrons. The van der Waals surface area contributed by atoms with Crippen molar-refractivity contribution in [2.75, 3.05) is 28.1 Å². The van der Waals surface area contributed by atoms with Gasteiger partial charge in [-0.2, -0.15) is 9.83 Å². The van der Waals surface area contributed by atoms with Gasteiger partial charge in [0.2, 0.25) is 12.3 Å². The Morgan fingerprint density at radius 3 is 2.30 bits per heavy atom. The summed E-state index contributed by atoms with van der Waals surface area (Å²) in [4.78, 5) is 0. The number of benzene rings is 3. The van der Waals surface area contributed by atoms with E-state index in [0.717, 1.165) is 27.1 Å². The quantitative estimate of drug-likeness (QED) is 0.384. The van der Waals surface area contributed by atoms with Crippen LogP contribution in [0.15, 0.2) is 30.3 Å². The van der Waals surface area contributed by atoms with E-state index < -0.39 is 0 Å². The van der Waals surface area contributed by atoms with Crippen LogP contribution in [0, 0.1) is 11.3 Å². The second kappa shape index (κ2) is 6.56. The predicted octanol–water partition coefficient (Wildman–Crippen LogP) is 3.60. The fourth-order valence-corrected chi connectivity index (χ4v) is 4.28. The average molecular weight is 403 g/mol. The number of hydrogen-bond acceptors (Lipinski definition) is 6. The highest BCUT2D eigenvalue weighted by Gasteiger charge is 2.30. The van der Waals surface area contributed by atoms with E-state index in [2.05, 4.69) is 6.07 Å². The van der Waals surface area contributed by atoms with E-state index in [1.165, 1.54) is 0 Å². The van der Waals surface area contributed by atoms with Crippen LogP contribution in [-0.2, 0) is 7.05 Å². The molecule has 4 aromatic rings. The van der Waals surface area contributed by atoms with E-state index >= 15 is 0 Å². The molecular weight excluding hydrogens is 384 g/mol. The van der Waals surface area contributed by atoms with Gasteiger partial charge in [-0.15, -0.1) is 0 Å². The van der Waals surface area contributed by atoms with E-state index in [-0.39, 0.29) is 6.79 Å². The first-order valence-electron chi connectivity index (χ1n) is 9.33. The van der Waals surface area contributed by atoms with Crippen LogP contribution in [0.5, 0.6) is 28.7 Å². The fraction of sp³-hybridized carbons (Fsp3) is 0.217. The maximum atomic E-state index is 10.0. The number of nitrogens with zero attached hydrogens (tertiary/aromatic N) is 2. The van der Waals surface area contributed by atoms with Crippen molar-refractivity contribution in [1.82, 2.24) is 0 Å². The van der Waals surface area contributed by atoms with Gasteiger partial charge in [-0.05, 0) is 35.7 Å². The second-order valence-electron chi connectivity index (χ2n) is 6.97. The first-order valence-corrected chi connectivity index (χ1v) is 9.33. The van der Waals surface area contributed by atoms with Crippen LogP contribution in [-0.4, -0.2) is 28.1 Å². The van der Waals surface area contributed by atoms with Gasteiger partial charge in [-0.1, -0.05) is 0 Å². The Morgan fingerprint density at radius 2 is 1.60 bits per heavy atom. The van der Waals surface area contributed by atoms with Crippen molar-refractivity contribution in [3.63, 3.8) is 0 Å². The summed E-state index contributed by atoms with van der Waals surface area (Å²) >= 11 is 0. The third-order valence-electron chi connectivity index (χ3n) is 5.62. The van der Waals surface area contributed by atoms with Gasteiger partial charge in [0.25, 0.3) is 5.69 Å². The van der Waals surface area contributed by atoms with Crippen LogP contribution in [0.4, 0.5) is 0 Å². The number of fused-ring (bicyclic) bond motifs is 7. The number of hydrogen-bond donors (Lipinski definition) is 0. The van der Waals surface area contributed by atoms with Gasteiger partial charge in [0.05, 0.1) is 32.1 Å². The molecule has 0 bridgehead atoms. The Morgan fingerprint density at radius 1 is 0.900 bits per heavy atom. The number of aryl methyl sites for hydroxylation is 1. The molecule has 0 saturated heterocycles. The van der Waals surface area contributed by atoms with E-state index in [1.54, 1.807) is 21.3 Å². The summed E-state index contributed by atoms with van der Waals surface area (Å²) in [5, 5.41) is 14.3. The van der Waals surface area contributed by atoms with Crippen molar-refractivity contribution in [3.8, 4) is 34.8 Å². The van der Waals surface area contributed by atoms with E-state index in [1.807, 2.05) is 41.9 Å². The van der Waals surface area contributed by atoms with Crippen molar-refractivity contribution >= 4 is 32.4 Å².